The van der Waals surface area contributed by atoms with Gasteiger partial charge in [0, 0.05) is 31.1 Å². The molecule has 1 aliphatic rings. The van der Waals surface area contributed by atoms with Crippen LogP contribution in [-0.4, -0.2) is 45.9 Å². The summed E-state index contributed by atoms with van der Waals surface area (Å²) >= 11 is 1.59. The number of benzene rings is 2. The molecule has 5 nitrogen and oxygen atoms in total. The van der Waals surface area contributed by atoms with Gasteiger partial charge in [0.25, 0.3) is 0 Å². The lowest BCUT2D eigenvalue weighted by molar-refractivity contribution is 0.0341. The topological polar surface area (TPSA) is 58.6 Å². The third-order valence-electron chi connectivity index (χ3n) is 4.44. The molecule has 2 aromatic rings. The van der Waals surface area contributed by atoms with Gasteiger partial charge in [0.2, 0.25) is 10.0 Å². The molecule has 0 atom stereocenters. The molecule has 0 bridgehead atoms. The highest BCUT2D eigenvalue weighted by molar-refractivity contribution is 7.98. The van der Waals surface area contributed by atoms with Crippen molar-refractivity contribution < 1.29 is 13.2 Å². The summed E-state index contributed by atoms with van der Waals surface area (Å²) in [6.07, 6.45) is 1.97. The minimum Gasteiger partial charge on any atom is -0.379 e. The molecule has 0 aliphatic carbocycles. The molecule has 2 aromatic carbocycles. The molecular formula is C19H24N2O3S2. The Hall–Kier alpha value is -1.38. The summed E-state index contributed by atoms with van der Waals surface area (Å²) in [5.41, 5.74) is 2.15. The van der Waals surface area contributed by atoms with Gasteiger partial charge in [-0.05, 0) is 41.6 Å². The predicted molar refractivity (Wildman–Crippen MR) is 105 cm³/mol. The molecular weight excluding hydrogens is 368 g/mol. The second-order valence-electron chi connectivity index (χ2n) is 6.16. The number of ether oxygens (including phenoxy) is 1. The van der Waals surface area contributed by atoms with Crippen molar-refractivity contribution >= 4 is 21.8 Å². The van der Waals surface area contributed by atoms with Crippen LogP contribution < -0.4 is 4.72 Å². The van der Waals surface area contributed by atoms with E-state index in [1.807, 2.05) is 36.6 Å². The van der Waals surface area contributed by atoms with Gasteiger partial charge in [-0.15, -0.1) is 11.8 Å². The first kappa shape index (κ1) is 19.4. The fraction of sp³-hybridized carbons (Fsp3) is 0.368. The molecule has 1 saturated heterocycles. The van der Waals surface area contributed by atoms with Gasteiger partial charge in [-0.25, -0.2) is 13.1 Å². The lowest BCUT2D eigenvalue weighted by Crippen LogP contribution is -2.36. The SMILES string of the molecule is CSc1ccc(S(=O)(=O)NCc2ccccc2CN2CCOCC2)cc1. The first-order valence-electron chi connectivity index (χ1n) is 8.59. The quantitative estimate of drug-likeness (QED) is 0.734. The summed E-state index contributed by atoms with van der Waals surface area (Å²) in [6.45, 7) is 4.40. The lowest BCUT2D eigenvalue weighted by Gasteiger charge is -2.27. The molecule has 0 spiro atoms. The molecule has 7 heteroatoms. The standard InChI is InChI=1S/C19H24N2O3S2/c1-25-18-6-8-19(9-7-18)26(22,23)20-14-16-4-2-3-5-17(16)15-21-10-12-24-13-11-21/h2-9,20H,10-15H2,1H3. The summed E-state index contributed by atoms with van der Waals surface area (Å²) in [6, 6.07) is 14.9. The predicted octanol–water partition coefficient (Wildman–Crippen LogP) is 2.72. The van der Waals surface area contributed by atoms with E-state index < -0.39 is 10.0 Å². The number of hydrogen-bond donors (Lipinski definition) is 1. The Morgan fingerprint density at radius 1 is 1.04 bits per heavy atom. The Morgan fingerprint density at radius 3 is 2.35 bits per heavy atom. The average Bonchev–Trinajstić information content (AvgIpc) is 2.68. The zero-order valence-electron chi connectivity index (χ0n) is 14.8. The molecule has 3 rings (SSSR count). The highest BCUT2D eigenvalue weighted by atomic mass is 32.2. The number of rotatable bonds is 7. The van der Waals surface area contributed by atoms with E-state index in [1.54, 1.807) is 23.9 Å². The Bertz CT molecular complexity index is 817. The van der Waals surface area contributed by atoms with E-state index in [2.05, 4.69) is 15.7 Å². The fourth-order valence-corrected chi connectivity index (χ4v) is 4.31. The van der Waals surface area contributed by atoms with Crippen LogP contribution >= 0.6 is 11.8 Å². The highest BCUT2D eigenvalue weighted by Crippen LogP contribution is 2.18. The van der Waals surface area contributed by atoms with E-state index in [4.69, 9.17) is 4.74 Å². The number of sulfonamides is 1. The van der Waals surface area contributed by atoms with Crippen LogP contribution in [0.3, 0.4) is 0 Å². The Morgan fingerprint density at radius 2 is 1.69 bits per heavy atom. The van der Waals surface area contributed by atoms with Gasteiger partial charge < -0.3 is 4.74 Å². The lowest BCUT2D eigenvalue weighted by atomic mass is 10.1. The van der Waals surface area contributed by atoms with E-state index >= 15 is 0 Å². The van der Waals surface area contributed by atoms with E-state index in [1.165, 1.54) is 0 Å². The maximum atomic E-state index is 12.6. The van der Waals surface area contributed by atoms with Crippen molar-refractivity contribution in [3.05, 3.63) is 59.7 Å². The smallest absolute Gasteiger partial charge is 0.240 e. The normalized spacial score (nSPS) is 15.9. The Labute approximate surface area is 159 Å². The molecule has 1 fully saturated rings. The fourth-order valence-electron chi connectivity index (χ4n) is 2.90. The number of morpholine rings is 1. The van der Waals surface area contributed by atoms with Crippen LogP contribution in [0.2, 0.25) is 0 Å². The molecule has 0 amide bonds. The minimum atomic E-state index is -3.53. The maximum absolute atomic E-state index is 12.6. The number of nitrogens with one attached hydrogen (secondary N) is 1. The summed E-state index contributed by atoms with van der Waals surface area (Å²) in [7, 11) is -3.53. The summed E-state index contributed by atoms with van der Waals surface area (Å²) in [5, 5.41) is 0. The van der Waals surface area contributed by atoms with Gasteiger partial charge in [-0.1, -0.05) is 24.3 Å². The van der Waals surface area contributed by atoms with Crippen LogP contribution in [0.5, 0.6) is 0 Å². The molecule has 26 heavy (non-hydrogen) atoms. The van der Waals surface area contributed by atoms with Crippen molar-refractivity contribution in [3.8, 4) is 0 Å². The third kappa shape index (κ3) is 5.08. The molecule has 0 aromatic heterocycles. The number of nitrogens with zero attached hydrogens (tertiary/aromatic N) is 1. The second kappa shape index (κ2) is 9.01. The van der Waals surface area contributed by atoms with Crippen molar-refractivity contribution in [2.24, 2.45) is 0 Å². The second-order valence-corrected chi connectivity index (χ2v) is 8.80. The van der Waals surface area contributed by atoms with Crippen molar-refractivity contribution in [2.75, 3.05) is 32.6 Å². The minimum absolute atomic E-state index is 0.285. The van der Waals surface area contributed by atoms with Gasteiger partial charge >= 0.3 is 0 Å². The molecule has 1 aliphatic heterocycles. The van der Waals surface area contributed by atoms with E-state index in [9.17, 15) is 8.42 Å². The van der Waals surface area contributed by atoms with Crippen molar-refractivity contribution in [2.45, 2.75) is 22.9 Å². The summed E-state index contributed by atoms with van der Waals surface area (Å²) in [4.78, 5) is 3.67. The molecule has 1 heterocycles. The van der Waals surface area contributed by atoms with Crippen LogP contribution in [-0.2, 0) is 27.8 Å². The zero-order chi connectivity index (χ0) is 18.4. The zero-order valence-corrected chi connectivity index (χ0v) is 16.5. The molecule has 0 radical (unpaired) electrons. The van der Waals surface area contributed by atoms with E-state index in [0.717, 1.165) is 48.9 Å². The summed E-state index contributed by atoms with van der Waals surface area (Å²) in [5.74, 6) is 0. The first-order chi connectivity index (χ1) is 12.6. The van der Waals surface area contributed by atoms with Crippen LogP contribution in [0.1, 0.15) is 11.1 Å². The summed E-state index contributed by atoms with van der Waals surface area (Å²) < 4.78 is 33.2. The van der Waals surface area contributed by atoms with Gasteiger partial charge in [0.1, 0.15) is 0 Å². The Balaban J connectivity index is 1.68. The number of hydrogen-bond acceptors (Lipinski definition) is 5. The third-order valence-corrected chi connectivity index (χ3v) is 6.60. The van der Waals surface area contributed by atoms with Crippen LogP contribution in [0, 0.1) is 0 Å². The van der Waals surface area contributed by atoms with Gasteiger partial charge in [0.15, 0.2) is 0 Å². The van der Waals surface area contributed by atoms with Gasteiger partial charge in [-0.3, -0.25) is 4.90 Å². The van der Waals surface area contributed by atoms with Crippen LogP contribution in [0.15, 0.2) is 58.3 Å². The molecule has 140 valence electrons. The van der Waals surface area contributed by atoms with Crippen LogP contribution in [0.4, 0.5) is 0 Å². The van der Waals surface area contributed by atoms with Crippen molar-refractivity contribution in [1.82, 2.24) is 9.62 Å². The van der Waals surface area contributed by atoms with Crippen LogP contribution in [0.25, 0.3) is 0 Å². The Kier molecular flexibility index (Phi) is 6.72. The largest absolute Gasteiger partial charge is 0.379 e. The molecule has 0 unspecified atom stereocenters. The van der Waals surface area contributed by atoms with Gasteiger partial charge in [0.05, 0.1) is 18.1 Å². The average molecular weight is 393 g/mol. The van der Waals surface area contributed by atoms with Crippen molar-refractivity contribution in [1.29, 1.82) is 0 Å². The van der Waals surface area contributed by atoms with E-state index in [0.29, 0.717) is 4.90 Å². The first-order valence-corrected chi connectivity index (χ1v) is 11.3. The highest BCUT2D eigenvalue weighted by Gasteiger charge is 2.16. The van der Waals surface area contributed by atoms with E-state index in [-0.39, 0.29) is 6.54 Å². The van der Waals surface area contributed by atoms with Crippen molar-refractivity contribution in [3.63, 3.8) is 0 Å². The molecule has 0 saturated carbocycles. The number of thioether (sulfide) groups is 1. The molecule has 1 N–H and O–H groups in total. The maximum Gasteiger partial charge on any atom is 0.240 e. The van der Waals surface area contributed by atoms with Gasteiger partial charge in [-0.2, -0.15) is 0 Å². The monoisotopic (exact) mass is 392 g/mol.